The largest absolute Gasteiger partial charge is 0.480 e. The van der Waals surface area contributed by atoms with Crippen molar-refractivity contribution >= 4 is 17.8 Å². The lowest BCUT2D eigenvalue weighted by atomic mass is 10.1. The van der Waals surface area contributed by atoms with Gasteiger partial charge in [0.1, 0.15) is 6.04 Å². The SMILES string of the molecule is CCCC[C@H](NC(=O)C1CC(=O)N(CC(C)C)C1)C(=O)O. The van der Waals surface area contributed by atoms with Gasteiger partial charge in [-0.2, -0.15) is 0 Å². The fourth-order valence-electron chi connectivity index (χ4n) is 2.52. The van der Waals surface area contributed by atoms with Crippen LogP contribution in [0.25, 0.3) is 0 Å². The Morgan fingerprint density at radius 2 is 2.10 bits per heavy atom. The number of amides is 2. The van der Waals surface area contributed by atoms with E-state index in [1.54, 1.807) is 4.90 Å². The van der Waals surface area contributed by atoms with Gasteiger partial charge in [-0.05, 0) is 12.3 Å². The topological polar surface area (TPSA) is 86.7 Å². The van der Waals surface area contributed by atoms with Crippen LogP contribution in [0.15, 0.2) is 0 Å². The first kappa shape index (κ1) is 17.5. The minimum atomic E-state index is -1.01. The first-order valence-electron chi connectivity index (χ1n) is 7.66. The molecule has 21 heavy (non-hydrogen) atoms. The maximum atomic E-state index is 12.1. The summed E-state index contributed by atoms with van der Waals surface area (Å²) in [5.74, 6) is -1.44. The molecule has 2 atom stereocenters. The summed E-state index contributed by atoms with van der Waals surface area (Å²) in [6, 6.07) is -0.855. The molecule has 1 aliphatic heterocycles. The van der Waals surface area contributed by atoms with Crippen molar-refractivity contribution in [2.75, 3.05) is 13.1 Å². The predicted molar refractivity (Wildman–Crippen MR) is 78.6 cm³/mol. The third kappa shape index (κ3) is 5.36. The first-order chi connectivity index (χ1) is 9.85. The van der Waals surface area contributed by atoms with Crippen molar-refractivity contribution in [3.8, 4) is 0 Å². The second kappa shape index (κ2) is 8.00. The minimum absolute atomic E-state index is 0.0238. The summed E-state index contributed by atoms with van der Waals surface area (Å²) < 4.78 is 0. The van der Waals surface area contributed by atoms with Gasteiger partial charge < -0.3 is 15.3 Å². The number of unbranched alkanes of at least 4 members (excludes halogenated alkanes) is 1. The van der Waals surface area contributed by atoms with Crippen LogP contribution in [-0.4, -0.2) is 46.9 Å². The van der Waals surface area contributed by atoms with E-state index in [4.69, 9.17) is 5.11 Å². The van der Waals surface area contributed by atoms with Crippen molar-refractivity contribution in [2.24, 2.45) is 11.8 Å². The van der Waals surface area contributed by atoms with Crippen LogP contribution in [0.3, 0.4) is 0 Å². The number of nitrogens with one attached hydrogen (secondary N) is 1. The molecule has 0 aromatic heterocycles. The number of rotatable bonds is 8. The molecule has 1 rings (SSSR count). The molecule has 1 saturated heterocycles. The molecule has 0 aromatic carbocycles. The minimum Gasteiger partial charge on any atom is -0.480 e. The fraction of sp³-hybridized carbons (Fsp3) is 0.800. The highest BCUT2D eigenvalue weighted by atomic mass is 16.4. The third-order valence-corrected chi connectivity index (χ3v) is 3.63. The fourth-order valence-corrected chi connectivity index (χ4v) is 2.52. The average Bonchev–Trinajstić information content (AvgIpc) is 2.74. The molecule has 6 heteroatoms. The number of carbonyl (C=O) groups is 3. The maximum Gasteiger partial charge on any atom is 0.326 e. The number of carboxylic acids is 1. The summed E-state index contributed by atoms with van der Waals surface area (Å²) in [7, 11) is 0. The summed E-state index contributed by atoms with van der Waals surface area (Å²) >= 11 is 0. The number of carbonyl (C=O) groups excluding carboxylic acids is 2. The van der Waals surface area contributed by atoms with Crippen LogP contribution < -0.4 is 5.32 Å². The van der Waals surface area contributed by atoms with Crippen molar-refractivity contribution in [3.63, 3.8) is 0 Å². The lowest BCUT2D eigenvalue weighted by Crippen LogP contribution is -2.44. The van der Waals surface area contributed by atoms with Gasteiger partial charge >= 0.3 is 5.97 Å². The van der Waals surface area contributed by atoms with Gasteiger partial charge in [-0.25, -0.2) is 4.79 Å². The molecule has 0 aromatic rings. The zero-order valence-corrected chi connectivity index (χ0v) is 13.1. The molecule has 0 saturated carbocycles. The van der Waals surface area contributed by atoms with E-state index < -0.39 is 17.9 Å². The standard InChI is InChI=1S/C15H26N2O4/c1-4-5-6-12(15(20)21)16-14(19)11-7-13(18)17(9-11)8-10(2)3/h10-12H,4-9H2,1-3H3,(H,16,19)(H,20,21)/t11?,12-/m0/s1. The Morgan fingerprint density at radius 1 is 1.43 bits per heavy atom. The van der Waals surface area contributed by atoms with E-state index >= 15 is 0 Å². The Morgan fingerprint density at radius 3 is 2.62 bits per heavy atom. The van der Waals surface area contributed by atoms with Crippen molar-refractivity contribution < 1.29 is 19.5 Å². The molecule has 2 N–H and O–H groups in total. The third-order valence-electron chi connectivity index (χ3n) is 3.63. The van der Waals surface area contributed by atoms with E-state index in [2.05, 4.69) is 5.32 Å². The number of likely N-dealkylation sites (tertiary alicyclic amines) is 1. The van der Waals surface area contributed by atoms with Gasteiger partial charge in [-0.3, -0.25) is 9.59 Å². The summed E-state index contributed by atoms with van der Waals surface area (Å²) in [5, 5.41) is 11.7. The van der Waals surface area contributed by atoms with Crippen LogP contribution in [0.2, 0.25) is 0 Å². The van der Waals surface area contributed by atoms with E-state index in [0.717, 1.165) is 12.8 Å². The van der Waals surface area contributed by atoms with Gasteiger partial charge in [-0.15, -0.1) is 0 Å². The highest BCUT2D eigenvalue weighted by Gasteiger charge is 2.35. The molecule has 0 radical (unpaired) electrons. The van der Waals surface area contributed by atoms with Crippen molar-refractivity contribution in [1.82, 2.24) is 10.2 Å². The predicted octanol–water partition coefficient (Wildman–Crippen LogP) is 1.25. The van der Waals surface area contributed by atoms with E-state index in [-0.39, 0.29) is 18.2 Å². The van der Waals surface area contributed by atoms with Crippen molar-refractivity contribution in [3.05, 3.63) is 0 Å². The molecule has 0 aliphatic carbocycles. The zero-order chi connectivity index (χ0) is 16.0. The summed E-state index contributed by atoms with van der Waals surface area (Å²) in [6.07, 6.45) is 2.23. The van der Waals surface area contributed by atoms with Gasteiger partial charge in [0.15, 0.2) is 0 Å². The zero-order valence-electron chi connectivity index (χ0n) is 13.1. The quantitative estimate of drug-likeness (QED) is 0.706. The molecule has 2 amide bonds. The Balaban J connectivity index is 2.55. The van der Waals surface area contributed by atoms with Crippen LogP contribution >= 0.6 is 0 Å². The second-order valence-corrected chi connectivity index (χ2v) is 6.14. The molecule has 1 unspecified atom stereocenters. The summed E-state index contributed by atoms with van der Waals surface area (Å²) in [4.78, 5) is 36.8. The van der Waals surface area contributed by atoms with Crippen molar-refractivity contribution in [1.29, 1.82) is 0 Å². The molecule has 120 valence electrons. The Kier molecular flexibility index (Phi) is 6.65. The molecule has 1 heterocycles. The Labute approximate surface area is 125 Å². The lowest BCUT2D eigenvalue weighted by Gasteiger charge is -2.19. The van der Waals surface area contributed by atoms with Crippen molar-refractivity contribution in [2.45, 2.75) is 52.5 Å². The molecule has 0 bridgehead atoms. The second-order valence-electron chi connectivity index (χ2n) is 6.14. The Hall–Kier alpha value is -1.59. The van der Waals surface area contributed by atoms with Crippen LogP contribution in [0.1, 0.15) is 46.5 Å². The highest BCUT2D eigenvalue weighted by Crippen LogP contribution is 2.19. The smallest absolute Gasteiger partial charge is 0.326 e. The molecule has 0 spiro atoms. The number of hydrogen-bond acceptors (Lipinski definition) is 3. The van der Waals surface area contributed by atoms with Crippen LogP contribution in [0, 0.1) is 11.8 Å². The van der Waals surface area contributed by atoms with Crippen LogP contribution in [0.5, 0.6) is 0 Å². The van der Waals surface area contributed by atoms with E-state index in [1.807, 2.05) is 20.8 Å². The van der Waals surface area contributed by atoms with E-state index in [1.165, 1.54) is 0 Å². The average molecular weight is 298 g/mol. The number of nitrogens with zero attached hydrogens (tertiary/aromatic N) is 1. The van der Waals surface area contributed by atoms with Gasteiger partial charge in [0, 0.05) is 19.5 Å². The Bertz CT molecular complexity index is 395. The molecular formula is C15H26N2O4. The van der Waals surface area contributed by atoms with Gasteiger partial charge in [0.25, 0.3) is 0 Å². The maximum absolute atomic E-state index is 12.1. The molecule has 1 fully saturated rings. The normalized spacial score (nSPS) is 19.9. The van der Waals surface area contributed by atoms with Crippen LogP contribution in [0.4, 0.5) is 0 Å². The van der Waals surface area contributed by atoms with Gasteiger partial charge in [0.2, 0.25) is 11.8 Å². The van der Waals surface area contributed by atoms with Gasteiger partial charge in [-0.1, -0.05) is 33.6 Å². The van der Waals surface area contributed by atoms with Gasteiger partial charge in [0.05, 0.1) is 5.92 Å². The first-order valence-corrected chi connectivity index (χ1v) is 7.66. The highest BCUT2D eigenvalue weighted by molar-refractivity contribution is 5.91. The summed E-state index contributed by atoms with van der Waals surface area (Å²) in [5.41, 5.74) is 0. The monoisotopic (exact) mass is 298 g/mol. The summed E-state index contributed by atoms with van der Waals surface area (Å²) in [6.45, 7) is 7.04. The molecule has 1 aliphatic rings. The van der Waals surface area contributed by atoms with Crippen LogP contribution in [-0.2, 0) is 14.4 Å². The number of carboxylic acid groups (broad SMARTS) is 1. The van der Waals surface area contributed by atoms with E-state index in [0.29, 0.717) is 25.4 Å². The number of aliphatic carboxylic acids is 1. The molecular weight excluding hydrogens is 272 g/mol. The molecule has 6 nitrogen and oxygen atoms in total. The van der Waals surface area contributed by atoms with E-state index in [9.17, 15) is 14.4 Å². The number of hydrogen-bond donors (Lipinski definition) is 2. The lowest BCUT2D eigenvalue weighted by molar-refractivity contribution is -0.142.